The fourth-order valence-electron chi connectivity index (χ4n) is 1.65. The van der Waals surface area contributed by atoms with Crippen LogP contribution in [0.3, 0.4) is 0 Å². The van der Waals surface area contributed by atoms with Crippen molar-refractivity contribution in [3.63, 3.8) is 0 Å². The zero-order chi connectivity index (χ0) is 11.0. The Balaban J connectivity index is 2.74. The number of fused-ring (bicyclic) bond motifs is 1. The number of aromatic nitrogens is 1. The summed E-state index contributed by atoms with van der Waals surface area (Å²) in [5, 5.41) is 11.5. The summed E-state index contributed by atoms with van der Waals surface area (Å²) in [4.78, 5) is 10.3. The van der Waals surface area contributed by atoms with Crippen molar-refractivity contribution >= 4 is 32.5 Å². The van der Waals surface area contributed by atoms with Crippen LogP contribution in [0.15, 0.2) is 28.9 Å². The normalized spacial score (nSPS) is 10.8. The van der Waals surface area contributed by atoms with Crippen LogP contribution in [-0.2, 0) is 6.54 Å². The molecule has 0 fully saturated rings. The molecule has 0 amide bonds. The van der Waals surface area contributed by atoms with Crippen molar-refractivity contribution < 1.29 is 4.92 Å². The molecule has 0 aliphatic carbocycles. The van der Waals surface area contributed by atoms with Crippen molar-refractivity contribution in [2.45, 2.75) is 13.5 Å². The molecule has 4 nitrogen and oxygen atoms in total. The molecule has 0 N–H and O–H groups in total. The lowest BCUT2D eigenvalue weighted by atomic mass is 10.2. The van der Waals surface area contributed by atoms with Crippen molar-refractivity contribution in [2.75, 3.05) is 0 Å². The zero-order valence-corrected chi connectivity index (χ0v) is 9.69. The summed E-state index contributed by atoms with van der Waals surface area (Å²) in [6.07, 6.45) is 1.93. The van der Waals surface area contributed by atoms with Crippen molar-refractivity contribution in [3.8, 4) is 0 Å². The van der Waals surface area contributed by atoms with Gasteiger partial charge in [0.1, 0.15) is 0 Å². The van der Waals surface area contributed by atoms with Crippen LogP contribution in [0.2, 0.25) is 0 Å². The molecule has 0 radical (unpaired) electrons. The fraction of sp³-hybridized carbons (Fsp3) is 0.200. The van der Waals surface area contributed by atoms with Gasteiger partial charge in [-0.2, -0.15) is 0 Å². The summed E-state index contributed by atoms with van der Waals surface area (Å²) in [6, 6.07) is 5.01. The molecule has 15 heavy (non-hydrogen) atoms. The lowest BCUT2D eigenvalue weighted by Gasteiger charge is -2.02. The number of nitrogens with zero attached hydrogens (tertiary/aromatic N) is 2. The van der Waals surface area contributed by atoms with E-state index < -0.39 is 0 Å². The second-order valence-corrected chi connectivity index (χ2v) is 4.08. The van der Waals surface area contributed by atoms with Crippen LogP contribution < -0.4 is 0 Å². The van der Waals surface area contributed by atoms with Crippen LogP contribution in [0.5, 0.6) is 0 Å². The molecule has 1 aromatic heterocycles. The monoisotopic (exact) mass is 268 g/mol. The quantitative estimate of drug-likeness (QED) is 0.620. The smallest absolute Gasteiger partial charge is 0.271 e. The highest BCUT2D eigenvalue weighted by Crippen LogP contribution is 2.30. The number of nitro groups is 1. The number of halogens is 1. The summed E-state index contributed by atoms with van der Waals surface area (Å²) in [5.41, 5.74) is 1.12. The molecule has 0 saturated carbocycles. The summed E-state index contributed by atoms with van der Waals surface area (Å²) in [7, 11) is 0. The molecule has 78 valence electrons. The van der Waals surface area contributed by atoms with Gasteiger partial charge in [0.15, 0.2) is 0 Å². The lowest BCUT2D eigenvalue weighted by molar-refractivity contribution is -0.384. The first-order valence-electron chi connectivity index (χ1n) is 4.56. The van der Waals surface area contributed by atoms with E-state index >= 15 is 0 Å². The number of aryl methyl sites for hydroxylation is 1. The summed E-state index contributed by atoms with van der Waals surface area (Å²) < 4.78 is 2.81. The number of benzene rings is 1. The van der Waals surface area contributed by atoms with Crippen molar-refractivity contribution in [2.24, 2.45) is 0 Å². The SMILES string of the molecule is CCn1ccc2cc([N+](=O)[O-])cc(Br)c21. The van der Waals surface area contributed by atoms with Gasteiger partial charge in [0.25, 0.3) is 5.69 Å². The minimum Gasteiger partial charge on any atom is -0.347 e. The summed E-state index contributed by atoms with van der Waals surface area (Å²) >= 11 is 3.36. The van der Waals surface area contributed by atoms with E-state index in [9.17, 15) is 10.1 Å². The van der Waals surface area contributed by atoms with E-state index in [1.807, 2.05) is 23.8 Å². The molecule has 5 heteroatoms. The Morgan fingerprint density at radius 1 is 1.53 bits per heavy atom. The molecule has 0 aliphatic rings. The van der Waals surface area contributed by atoms with Gasteiger partial charge in [-0.25, -0.2) is 0 Å². The second-order valence-electron chi connectivity index (χ2n) is 3.22. The third kappa shape index (κ3) is 1.63. The number of hydrogen-bond donors (Lipinski definition) is 0. The van der Waals surface area contributed by atoms with E-state index in [1.54, 1.807) is 6.07 Å². The van der Waals surface area contributed by atoms with Crippen LogP contribution in [0, 0.1) is 10.1 Å². The van der Waals surface area contributed by atoms with Gasteiger partial charge in [-0.1, -0.05) is 0 Å². The first-order valence-corrected chi connectivity index (χ1v) is 5.35. The Labute approximate surface area is 94.8 Å². The number of hydrogen-bond acceptors (Lipinski definition) is 2. The van der Waals surface area contributed by atoms with Crippen LogP contribution in [0.1, 0.15) is 6.92 Å². The predicted molar refractivity (Wildman–Crippen MR) is 62.0 cm³/mol. The van der Waals surface area contributed by atoms with Gasteiger partial charge in [0.2, 0.25) is 0 Å². The van der Waals surface area contributed by atoms with Crippen molar-refractivity contribution in [1.29, 1.82) is 0 Å². The predicted octanol–water partition coefficient (Wildman–Crippen LogP) is 3.33. The Kier molecular flexibility index (Phi) is 2.48. The molecule has 0 aliphatic heterocycles. The minimum absolute atomic E-state index is 0.114. The first-order chi connectivity index (χ1) is 7.13. The first kappa shape index (κ1) is 10.2. The highest BCUT2D eigenvalue weighted by atomic mass is 79.9. The van der Waals surface area contributed by atoms with Gasteiger partial charge >= 0.3 is 0 Å². The van der Waals surface area contributed by atoms with Crippen molar-refractivity contribution in [1.82, 2.24) is 4.57 Å². The molecule has 1 heterocycles. The topological polar surface area (TPSA) is 48.1 Å². The highest BCUT2D eigenvalue weighted by Gasteiger charge is 2.12. The molecule has 0 saturated heterocycles. The van der Waals surface area contributed by atoms with Gasteiger partial charge in [-0.05, 0) is 28.9 Å². The Bertz CT molecular complexity index is 533. The Morgan fingerprint density at radius 3 is 2.87 bits per heavy atom. The molecule has 0 atom stereocenters. The second kappa shape index (κ2) is 3.66. The average Bonchev–Trinajstić information content (AvgIpc) is 2.60. The fourth-order valence-corrected chi connectivity index (χ4v) is 2.34. The largest absolute Gasteiger partial charge is 0.347 e. The van der Waals surface area contributed by atoms with Gasteiger partial charge in [-0.15, -0.1) is 0 Å². The van der Waals surface area contributed by atoms with E-state index in [0.29, 0.717) is 0 Å². The lowest BCUT2D eigenvalue weighted by Crippen LogP contribution is -1.93. The molecular weight excluding hydrogens is 260 g/mol. The van der Waals surface area contributed by atoms with E-state index in [0.717, 1.165) is 21.9 Å². The van der Waals surface area contributed by atoms with Crippen LogP contribution >= 0.6 is 15.9 Å². The maximum Gasteiger partial charge on any atom is 0.271 e. The van der Waals surface area contributed by atoms with Gasteiger partial charge in [-0.3, -0.25) is 10.1 Å². The molecule has 0 bridgehead atoms. The third-order valence-electron chi connectivity index (χ3n) is 2.35. The molecule has 0 spiro atoms. The molecule has 1 aromatic carbocycles. The minimum atomic E-state index is -0.381. The summed E-state index contributed by atoms with van der Waals surface area (Å²) in [6.45, 7) is 2.88. The number of nitro benzene ring substituents is 1. The van der Waals surface area contributed by atoms with Crippen molar-refractivity contribution in [3.05, 3.63) is 39.0 Å². The van der Waals surface area contributed by atoms with Gasteiger partial charge in [0, 0.05) is 34.7 Å². The van der Waals surface area contributed by atoms with E-state index in [2.05, 4.69) is 15.9 Å². The summed E-state index contributed by atoms with van der Waals surface area (Å²) in [5.74, 6) is 0. The standard InChI is InChI=1S/C10H9BrN2O2/c1-2-12-4-3-7-5-8(13(14)15)6-9(11)10(7)12/h3-6H,2H2,1H3. The number of rotatable bonds is 2. The zero-order valence-electron chi connectivity index (χ0n) is 8.11. The maximum atomic E-state index is 10.7. The molecule has 0 unspecified atom stereocenters. The van der Waals surface area contributed by atoms with E-state index in [1.165, 1.54) is 6.07 Å². The Hall–Kier alpha value is -1.36. The highest BCUT2D eigenvalue weighted by molar-refractivity contribution is 9.10. The van der Waals surface area contributed by atoms with Crippen LogP contribution in [0.25, 0.3) is 10.9 Å². The molecular formula is C10H9BrN2O2. The van der Waals surface area contributed by atoms with Crippen LogP contribution in [0.4, 0.5) is 5.69 Å². The van der Waals surface area contributed by atoms with Gasteiger partial charge in [0.05, 0.1) is 10.4 Å². The molecule has 2 aromatic rings. The van der Waals surface area contributed by atoms with E-state index in [4.69, 9.17) is 0 Å². The van der Waals surface area contributed by atoms with Gasteiger partial charge < -0.3 is 4.57 Å². The molecule has 2 rings (SSSR count). The maximum absolute atomic E-state index is 10.7. The Morgan fingerprint density at radius 2 is 2.27 bits per heavy atom. The van der Waals surface area contributed by atoms with E-state index in [-0.39, 0.29) is 10.6 Å². The average molecular weight is 269 g/mol. The van der Waals surface area contributed by atoms with Crippen LogP contribution in [-0.4, -0.2) is 9.49 Å². The third-order valence-corrected chi connectivity index (χ3v) is 2.95. The number of non-ortho nitro benzene ring substituents is 1.